The second-order valence-corrected chi connectivity index (χ2v) is 8.16. The first kappa shape index (κ1) is 19.6. The molecule has 4 rings (SSSR count). The molecule has 0 aromatic heterocycles. The number of hydrogen-bond acceptors (Lipinski definition) is 3. The molecule has 4 nitrogen and oxygen atoms in total. The molecule has 1 heterocycles. The van der Waals surface area contributed by atoms with Crippen molar-refractivity contribution in [3.63, 3.8) is 0 Å². The van der Waals surface area contributed by atoms with Gasteiger partial charge in [0.15, 0.2) is 5.11 Å². The van der Waals surface area contributed by atoms with E-state index in [2.05, 4.69) is 30.4 Å². The Morgan fingerprint density at radius 3 is 2.72 bits per heavy atom. The molecule has 0 atom stereocenters. The molecule has 1 N–H and O–H groups in total. The summed E-state index contributed by atoms with van der Waals surface area (Å²) in [5, 5.41) is 3.64. The Labute approximate surface area is 177 Å². The zero-order chi connectivity index (χ0) is 20.2. The van der Waals surface area contributed by atoms with Crippen molar-refractivity contribution in [2.24, 2.45) is 0 Å². The zero-order valence-corrected chi connectivity index (χ0v) is 17.5. The van der Waals surface area contributed by atoms with E-state index in [0.717, 1.165) is 42.6 Å². The Balaban J connectivity index is 1.52. The lowest BCUT2D eigenvalue weighted by Crippen LogP contribution is -2.41. The highest BCUT2D eigenvalue weighted by Gasteiger charge is 2.36. The molecule has 2 aliphatic rings. The van der Waals surface area contributed by atoms with Gasteiger partial charge in [-0.05, 0) is 49.7 Å². The van der Waals surface area contributed by atoms with E-state index in [-0.39, 0.29) is 11.9 Å². The predicted molar refractivity (Wildman–Crippen MR) is 119 cm³/mol. The van der Waals surface area contributed by atoms with Crippen molar-refractivity contribution >= 4 is 29.3 Å². The van der Waals surface area contributed by atoms with Crippen LogP contribution in [-0.4, -0.2) is 22.0 Å². The van der Waals surface area contributed by atoms with Gasteiger partial charge in [-0.2, -0.15) is 0 Å². The Kier molecular flexibility index (Phi) is 5.95. The first-order valence-corrected chi connectivity index (χ1v) is 10.7. The fourth-order valence-electron chi connectivity index (χ4n) is 4.07. The number of para-hydroxylation sites is 1. The van der Waals surface area contributed by atoms with Crippen molar-refractivity contribution in [2.75, 3.05) is 0 Å². The number of aryl methyl sites for hydroxylation is 1. The largest absolute Gasteiger partial charge is 0.488 e. The summed E-state index contributed by atoms with van der Waals surface area (Å²) in [6.07, 6.45) is 7.46. The third kappa shape index (κ3) is 4.51. The minimum atomic E-state index is -0.0320. The minimum absolute atomic E-state index is 0.0320. The van der Waals surface area contributed by atoms with Crippen LogP contribution in [0.4, 0.5) is 0 Å². The molecule has 1 amide bonds. The second-order valence-electron chi connectivity index (χ2n) is 7.77. The van der Waals surface area contributed by atoms with E-state index in [1.807, 2.05) is 36.4 Å². The first-order valence-electron chi connectivity index (χ1n) is 10.3. The number of carbonyl (C=O) groups excluding carboxylic acids is 1. The van der Waals surface area contributed by atoms with Gasteiger partial charge in [-0.15, -0.1) is 0 Å². The molecule has 5 heteroatoms. The molecule has 2 aromatic rings. The normalized spacial score (nSPS) is 18.9. The maximum absolute atomic E-state index is 13.0. The third-order valence-electron chi connectivity index (χ3n) is 5.55. The zero-order valence-electron chi connectivity index (χ0n) is 16.7. The van der Waals surface area contributed by atoms with Gasteiger partial charge in [0.1, 0.15) is 18.1 Å². The Morgan fingerprint density at radius 2 is 1.93 bits per heavy atom. The average Bonchev–Trinajstić information content (AvgIpc) is 3.01. The SMILES string of the molecule is Cc1cccc(COc2ccccc2/C=C2\NC(=S)N(C3CCCCC3)C2=O)c1. The highest BCUT2D eigenvalue weighted by Crippen LogP contribution is 2.28. The molecule has 1 aliphatic carbocycles. The fourth-order valence-corrected chi connectivity index (χ4v) is 4.41. The minimum Gasteiger partial charge on any atom is -0.488 e. The van der Waals surface area contributed by atoms with Gasteiger partial charge in [0.25, 0.3) is 5.91 Å². The highest BCUT2D eigenvalue weighted by atomic mass is 32.1. The number of benzene rings is 2. The molecule has 2 aromatic carbocycles. The molecule has 29 heavy (non-hydrogen) atoms. The van der Waals surface area contributed by atoms with Crippen LogP contribution in [0.25, 0.3) is 6.08 Å². The van der Waals surface area contributed by atoms with Gasteiger partial charge < -0.3 is 10.1 Å². The van der Waals surface area contributed by atoms with E-state index >= 15 is 0 Å². The van der Waals surface area contributed by atoms with Crippen LogP contribution < -0.4 is 10.1 Å². The van der Waals surface area contributed by atoms with Crippen LogP contribution in [0.1, 0.15) is 48.8 Å². The maximum atomic E-state index is 13.0. The highest BCUT2D eigenvalue weighted by molar-refractivity contribution is 7.80. The Bertz CT molecular complexity index is 947. The summed E-state index contributed by atoms with van der Waals surface area (Å²) in [4.78, 5) is 14.8. The summed E-state index contributed by atoms with van der Waals surface area (Å²) in [5.41, 5.74) is 3.71. The fraction of sp³-hybridized carbons (Fsp3) is 0.333. The molecule has 0 bridgehead atoms. The molecular formula is C24H26N2O2S. The Hall–Kier alpha value is -2.66. The standard InChI is InChI=1S/C24H26N2O2S/c1-17-8-7-9-18(14-17)16-28-22-13-6-5-10-19(22)15-21-23(27)26(24(29)25-21)20-11-3-2-4-12-20/h5-10,13-15,20H,2-4,11-12,16H2,1H3,(H,25,29)/b21-15-. The lowest BCUT2D eigenvalue weighted by Gasteiger charge is -2.29. The third-order valence-corrected chi connectivity index (χ3v) is 5.84. The van der Waals surface area contributed by atoms with Crippen LogP contribution in [0.5, 0.6) is 5.75 Å². The summed E-state index contributed by atoms with van der Waals surface area (Å²) in [6.45, 7) is 2.55. The van der Waals surface area contributed by atoms with Gasteiger partial charge >= 0.3 is 0 Å². The van der Waals surface area contributed by atoms with Gasteiger partial charge in [0.05, 0.1) is 0 Å². The van der Waals surface area contributed by atoms with E-state index in [1.54, 1.807) is 4.90 Å². The van der Waals surface area contributed by atoms with Crippen LogP contribution in [0, 0.1) is 6.92 Å². The monoisotopic (exact) mass is 406 g/mol. The van der Waals surface area contributed by atoms with Crippen molar-refractivity contribution in [3.8, 4) is 5.75 Å². The molecular weight excluding hydrogens is 380 g/mol. The summed E-state index contributed by atoms with van der Waals surface area (Å²) < 4.78 is 6.06. The smallest absolute Gasteiger partial charge is 0.276 e. The number of hydrogen-bond donors (Lipinski definition) is 1. The van der Waals surface area contributed by atoms with Crippen LogP contribution in [0.3, 0.4) is 0 Å². The molecule has 1 aliphatic heterocycles. The second kappa shape index (κ2) is 8.78. The van der Waals surface area contributed by atoms with Crippen molar-refractivity contribution in [3.05, 3.63) is 70.9 Å². The molecule has 1 saturated carbocycles. The van der Waals surface area contributed by atoms with Crippen LogP contribution in [0.15, 0.2) is 54.2 Å². The van der Waals surface area contributed by atoms with E-state index in [1.165, 1.54) is 12.0 Å². The predicted octanol–water partition coefficient (Wildman–Crippen LogP) is 4.96. The Morgan fingerprint density at radius 1 is 1.14 bits per heavy atom. The number of carbonyl (C=O) groups is 1. The number of rotatable bonds is 5. The number of amides is 1. The van der Waals surface area contributed by atoms with Gasteiger partial charge in [0.2, 0.25) is 0 Å². The maximum Gasteiger partial charge on any atom is 0.276 e. The van der Waals surface area contributed by atoms with Crippen molar-refractivity contribution in [1.29, 1.82) is 0 Å². The summed E-state index contributed by atoms with van der Waals surface area (Å²) in [6, 6.07) is 16.3. The van der Waals surface area contributed by atoms with Crippen molar-refractivity contribution in [2.45, 2.75) is 51.7 Å². The van der Waals surface area contributed by atoms with Crippen molar-refractivity contribution in [1.82, 2.24) is 10.2 Å². The van der Waals surface area contributed by atoms with Gasteiger partial charge in [-0.3, -0.25) is 9.69 Å². The summed E-state index contributed by atoms with van der Waals surface area (Å²) in [5.74, 6) is 0.716. The molecule has 0 spiro atoms. The topological polar surface area (TPSA) is 41.6 Å². The summed E-state index contributed by atoms with van der Waals surface area (Å²) in [7, 11) is 0. The summed E-state index contributed by atoms with van der Waals surface area (Å²) >= 11 is 5.47. The van der Waals surface area contributed by atoms with Crippen molar-refractivity contribution < 1.29 is 9.53 Å². The molecule has 0 radical (unpaired) electrons. The van der Waals surface area contributed by atoms with E-state index in [0.29, 0.717) is 17.4 Å². The van der Waals surface area contributed by atoms with E-state index in [4.69, 9.17) is 17.0 Å². The average molecular weight is 407 g/mol. The molecule has 0 unspecified atom stereocenters. The van der Waals surface area contributed by atoms with Gasteiger partial charge in [-0.25, -0.2) is 0 Å². The quantitative estimate of drug-likeness (QED) is 0.563. The van der Waals surface area contributed by atoms with E-state index in [9.17, 15) is 4.79 Å². The number of nitrogens with one attached hydrogen (secondary N) is 1. The molecule has 1 saturated heterocycles. The number of ether oxygens (including phenoxy) is 1. The van der Waals surface area contributed by atoms with Crippen LogP contribution in [-0.2, 0) is 11.4 Å². The van der Waals surface area contributed by atoms with E-state index < -0.39 is 0 Å². The number of nitrogens with zero attached hydrogens (tertiary/aromatic N) is 1. The van der Waals surface area contributed by atoms with Crippen LogP contribution >= 0.6 is 12.2 Å². The lowest BCUT2D eigenvalue weighted by molar-refractivity contribution is -0.124. The molecule has 150 valence electrons. The van der Waals surface area contributed by atoms with Gasteiger partial charge in [0, 0.05) is 11.6 Å². The van der Waals surface area contributed by atoms with Crippen LogP contribution in [0.2, 0.25) is 0 Å². The molecule has 2 fully saturated rings. The first-order chi connectivity index (χ1) is 14.1. The lowest BCUT2D eigenvalue weighted by atomic mass is 9.94. The van der Waals surface area contributed by atoms with Gasteiger partial charge in [-0.1, -0.05) is 67.3 Å². The number of thiocarbonyl (C=S) groups is 1.